The standard InChI is InChI=1S/C17H20ClN7O3/c1-22-14-13(15(27)23(2)17(22)28)24(16(18)21-14)9-12(26)20-11-7-8-19-25(11)10-5-3-4-6-10/h7-8,10H,3-6,9H2,1-2H3,(H,20,26). The third-order valence-electron chi connectivity index (χ3n) is 5.21. The van der Waals surface area contributed by atoms with E-state index in [9.17, 15) is 14.4 Å². The maximum atomic E-state index is 12.7. The Morgan fingerprint density at radius 2 is 1.96 bits per heavy atom. The minimum atomic E-state index is -0.554. The lowest BCUT2D eigenvalue weighted by atomic mass is 10.2. The molecule has 3 heterocycles. The molecule has 1 amide bonds. The minimum Gasteiger partial charge on any atom is -0.309 e. The number of aromatic nitrogens is 6. The van der Waals surface area contributed by atoms with Crippen molar-refractivity contribution in [2.24, 2.45) is 14.1 Å². The first-order chi connectivity index (χ1) is 13.4. The number of nitrogens with one attached hydrogen (secondary N) is 1. The first-order valence-electron chi connectivity index (χ1n) is 9.03. The molecule has 4 rings (SSSR count). The molecule has 0 aromatic carbocycles. The Hall–Kier alpha value is -2.88. The van der Waals surface area contributed by atoms with Crippen LogP contribution in [-0.4, -0.2) is 34.4 Å². The summed E-state index contributed by atoms with van der Waals surface area (Å²) >= 11 is 6.17. The summed E-state index contributed by atoms with van der Waals surface area (Å²) in [6.07, 6.45) is 6.02. The van der Waals surface area contributed by atoms with Gasteiger partial charge in [0.2, 0.25) is 11.2 Å². The molecular weight excluding hydrogens is 386 g/mol. The summed E-state index contributed by atoms with van der Waals surface area (Å²) in [5.41, 5.74) is -0.819. The minimum absolute atomic E-state index is 0.0345. The fraction of sp³-hybridized carbons (Fsp3) is 0.471. The largest absolute Gasteiger partial charge is 0.332 e. The van der Waals surface area contributed by atoms with Crippen LogP contribution in [0.1, 0.15) is 31.7 Å². The number of anilines is 1. The predicted octanol–water partition coefficient (Wildman–Crippen LogP) is 1.04. The molecule has 148 valence electrons. The SMILES string of the molecule is Cn1c(=O)c2c(nc(Cl)n2CC(=O)Nc2ccnn2C2CCCC2)n(C)c1=O. The zero-order chi connectivity index (χ0) is 20.0. The van der Waals surface area contributed by atoms with E-state index in [-0.39, 0.29) is 34.9 Å². The van der Waals surface area contributed by atoms with Gasteiger partial charge in [-0.25, -0.2) is 9.48 Å². The van der Waals surface area contributed by atoms with E-state index < -0.39 is 11.2 Å². The van der Waals surface area contributed by atoms with E-state index in [1.165, 1.54) is 23.2 Å². The molecule has 1 aliphatic carbocycles. The molecule has 1 N–H and O–H groups in total. The summed E-state index contributed by atoms with van der Waals surface area (Å²) in [6, 6.07) is 2.02. The third kappa shape index (κ3) is 2.93. The zero-order valence-corrected chi connectivity index (χ0v) is 16.3. The second-order valence-electron chi connectivity index (χ2n) is 6.99. The van der Waals surface area contributed by atoms with Gasteiger partial charge in [0, 0.05) is 20.2 Å². The Kier molecular flexibility index (Phi) is 4.58. The number of carbonyl (C=O) groups is 1. The number of halogens is 1. The smallest absolute Gasteiger partial charge is 0.309 e. The van der Waals surface area contributed by atoms with Gasteiger partial charge in [-0.3, -0.25) is 23.3 Å². The van der Waals surface area contributed by atoms with Crippen LogP contribution in [0.5, 0.6) is 0 Å². The van der Waals surface area contributed by atoms with Crippen LogP contribution in [0, 0.1) is 0 Å². The maximum Gasteiger partial charge on any atom is 0.332 e. The number of hydrogen-bond donors (Lipinski definition) is 1. The van der Waals surface area contributed by atoms with Crippen LogP contribution >= 0.6 is 11.6 Å². The van der Waals surface area contributed by atoms with Crippen molar-refractivity contribution in [1.29, 1.82) is 0 Å². The molecule has 3 aromatic heterocycles. The van der Waals surface area contributed by atoms with Gasteiger partial charge in [-0.1, -0.05) is 12.8 Å². The topological polar surface area (TPSA) is 109 Å². The highest BCUT2D eigenvalue weighted by atomic mass is 35.5. The lowest BCUT2D eigenvalue weighted by molar-refractivity contribution is -0.116. The number of carbonyl (C=O) groups excluding carboxylic acids is 1. The molecule has 0 bridgehead atoms. The van der Waals surface area contributed by atoms with Crippen LogP contribution in [0.25, 0.3) is 11.2 Å². The van der Waals surface area contributed by atoms with Crippen LogP contribution in [0.4, 0.5) is 5.82 Å². The molecule has 1 fully saturated rings. The number of imidazole rings is 1. The maximum absolute atomic E-state index is 12.7. The lowest BCUT2D eigenvalue weighted by Gasteiger charge is -2.15. The normalized spacial score (nSPS) is 14.8. The number of hydrogen-bond acceptors (Lipinski definition) is 5. The van der Waals surface area contributed by atoms with Crippen molar-refractivity contribution < 1.29 is 4.79 Å². The Morgan fingerprint density at radius 1 is 1.25 bits per heavy atom. The Morgan fingerprint density at radius 3 is 2.68 bits per heavy atom. The molecule has 28 heavy (non-hydrogen) atoms. The second-order valence-corrected chi connectivity index (χ2v) is 7.33. The molecular formula is C17H20ClN7O3. The van der Waals surface area contributed by atoms with E-state index >= 15 is 0 Å². The Labute approximate surface area is 164 Å². The molecule has 0 spiro atoms. The van der Waals surface area contributed by atoms with Gasteiger partial charge in [-0.15, -0.1) is 0 Å². The van der Waals surface area contributed by atoms with E-state index in [4.69, 9.17) is 11.6 Å². The summed E-state index contributed by atoms with van der Waals surface area (Å²) in [7, 11) is 2.87. The van der Waals surface area contributed by atoms with Crippen molar-refractivity contribution in [3.63, 3.8) is 0 Å². The van der Waals surface area contributed by atoms with Crippen LogP contribution in [0.3, 0.4) is 0 Å². The van der Waals surface area contributed by atoms with Gasteiger partial charge in [0.25, 0.3) is 5.56 Å². The molecule has 0 unspecified atom stereocenters. The molecule has 0 atom stereocenters. The van der Waals surface area contributed by atoms with Gasteiger partial charge in [0.05, 0.1) is 12.2 Å². The highest BCUT2D eigenvalue weighted by Crippen LogP contribution is 2.31. The van der Waals surface area contributed by atoms with Crippen molar-refractivity contribution in [3.05, 3.63) is 38.4 Å². The van der Waals surface area contributed by atoms with Gasteiger partial charge in [-0.2, -0.15) is 10.1 Å². The molecule has 1 saturated carbocycles. The second kappa shape index (κ2) is 6.93. The zero-order valence-electron chi connectivity index (χ0n) is 15.6. The van der Waals surface area contributed by atoms with Crippen LogP contribution in [0.15, 0.2) is 21.9 Å². The monoisotopic (exact) mass is 405 g/mol. The first kappa shape index (κ1) is 18.5. The Balaban J connectivity index is 1.65. The fourth-order valence-electron chi connectivity index (χ4n) is 3.74. The lowest BCUT2D eigenvalue weighted by Crippen LogP contribution is -2.37. The van der Waals surface area contributed by atoms with E-state index in [1.807, 2.05) is 4.68 Å². The molecule has 0 saturated heterocycles. The number of fused-ring (bicyclic) bond motifs is 1. The van der Waals surface area contributed by atoms with Gasteiger partial charge in [-0.05, 0) is 24.4 Å². The quantitative estimate of drug-likeness (QED) is 0.652. The van der Waals surface area contributed by atoms with E-state index in [0.29, 0.717) is 5.82 Å². The highest BCUT2D eigenvalue weighted by Gasteiger charge is 2.22. The number of nitrogens with zero attached hydrogens (tertiary/aromatic N) is 6. The summed E-state index contributed by atoms with van der Waals surface area (Å²) in [5, 5.41) is 7.13. The average Bonchev–Trinajstić information content (AvgIpc) is 3.39. The van der Waals surface area contributed by atoms with Gasteiger partial charge < -0.3 is 5.32 Å². The summed E-state index contributed by atoms with van der Waals surface area (Å²) in [6.45, 7) is -0.210. The van der Waals surface area contributed by atoms with E-state index in [2.05, 4.69) is 15.4 Å². The highest BCUT2D eigenvalue weighted by molar-refractivity contribution is 6.29. The number of amides is 1. The van der Waals surface area contributed by atoms with Crippen LogP contribution < -0.4 is 16.6 Å². The van der Waals surface area contributed by atoms with Crippen molar-refractivity contribution in [2.75, 3.05) is 5.32 Å². The van der Waals surface area contributed by atoms with Crippen LogP contribution in [-0.2, 0) is 25.4 Å². The molecule has 11 heteroatoms. The molecule has 1 aliphatic rings. The Bertz CT molecular complexity index is 1180. The van der Waals surface area contributed by atoms with Gasteiger partial charge in [0.15, 0.2) is 11.2 Å². The summed E-state index contributed by atoms with van der Waals surface area (Å²) in [4.78, 5) is 41.4. The van der Waals surface area contributed by atoms with Crippen molar-refractivity contribution >= 4 is 34.5 Å². The average molecular weight is 406 g/mol. The summed E-state index contributed by atoms with van der Waals surface area (Å²) in [5.74, 6) is 0.245. The van der Waals surface area contributed by atoms with Gasteiger partial charge in [0.1, 0.15) is 12.4 Å². The van der Waals surface area contributed by atoms with Crippen molar-refractivity contribution in [1.82, 2.24) is 28.5 Å². The first-order valence-corrected chi connectivity index (χ1v) is 9.41. The third-order valence-corrected chi connectivity index (χ3v) is 5.50. The van der Waals surface area contributed by atoms with Crippen molar-refractivity contribution in [2.45, 2.75) is 38.3 Å². The molecule has 10 nitrogen and oxygen atoms in total. The van der Waals surface area contributed by atoms with E-state index in [1.54, 1.807) is 12.3 Å². The molecule has 3 aromatic rings. The van der Waals surface area contributed by atoms with Crippen molar-refractivity contribution in [3.8, 4) is 0 Å². The number of aryl methyl sites for hydroxylation is 1. The number of rotatable bonds is 4. The predicted molar refractivity (Wildman–Crippen MR) is 104 cm³/mol. The summed E-state index contributed by atoms with van der Waals surface area (Å²) < 4.78 is 5.33. The molecule has 0 radical (unpaired) electrons. The fourth-order valence-corrected chi connectivity index (χ4v) is 3.97. The molecule has 0 aliphatic heterocycles. The van der Waals surface area contributed by atoms with Gasteiger partial charge >= 0.3 is 5.69 Å². The van der Waals surface area contributed by atoms with Crippen LogP contribution in [0.2, 0.25) is 5.28 Å². The van der Waals surface area contributed by atoms with E-state index in [0.717, 1.165) is 30.3 Å².